The summed E-state index contributed by atoms with van der Waals surface area (Å²) in [6, 6.07) is 86.6. The van der Waals surface area contributed by atoms with Crippen LogP contribution in [0, 0.1) is 0 Å². The number of hydrogen-bond acceptors (Lipinski definition) is 2. The average Bonchev–Trinajstić information content (AvgIpc) is 4.22. The highest BCUT2D eigenvalue weighted by Crippen LogP contribution is 2.48. The van der Waals surface area contributed by atoms with Gasteiger partial charge in [0.25, 0.3) is 0 Å². The van der Waals surface area contributed by atoms with Crippen LogP contribution in [-0.2, 0) is 0 Å². The molecule has 0 unspecified atom stereocenters. The smallest absolute Gasteiger partial charge is 0.0711 e. The Kier molecular flexibility index (Phi) is 8.63. The van der Waals surface area contributed by atoms with Crippen LogP contribution in [0.2, 0.25) is 0 Å². The van der Waals surface area contributed by atoms with Crippen LogP contribution < -0.4 is 0 Å². The van der Waals surface area contributed by atoms with Gasteiger partial charge in [0, 0.05) is 48.4 Å². The van der Waals surface area contributed by atoms with Crippen LogP contribution in [0.3, 0.4) is 0 Å². The molecular weight excluding hydrogens is 851 g/mol. The molecule has 0 saturated carbocycles. The summed E-state index contributed by atoms with van der Waals surface area (Å²) >= 11 is 3.80. The van der Waals surface area contributed by atoms with E-state index in [-0.39, 0.29) is 0 Å². The summed E-state index contributed by atoms with van der Waals surface area (Å²) in [7, 11) is 0. The lowest BCUT2D eigenvalue weighted by molar-refractivity contribution is 1.17. The predicted octanol–water partition coefficient (Wildman–Crippen LogP) is 17.8. The minimum Gasteiger partial charge on any atom is -0.309 e. The quantitative estimate of drug-likeness (QED) is 0.151. The molecule has 0 aliphatic carbocycles. The molecule has 0 aliphatic rings. The molecule has 5 heterocycles. The summed E-state index contributed by atoms with van der Waals surface area (Å²) in [6.45, 7) is 0. The average molecular weight is 890 g/mol. The zero-order valence-electron chi connectivity index (χ0n) is 36.2. The van der Waals surface area contributed by atoms with Gasteiger partial charge in [-0.25, -0.2) is 0 Å². The summed E-state index contributed by atoms with van der Waals surface area (Å²) in [5.74, 6) is 0. The molecule has 0 fully saturated rings. The van der Waals surface area contributed by atoms with Crippen molar-refractivity contribution in [2.75, 3.05) is 0 Å². The number of benzene rings is 9. The summed E-state index contributed by atoms with van der Waals surface area (Å²) in [4.78, 5) is 2.55. The Hall–Kier alpha value is -8.22. The monoisotopic (exact) mass is 889 g/mol. The van der Waals surface area contributed by atoms with E-state index in [0.717, 1.165) is 11.4 Å². The number of nitrogens with zero attached hydrogens (tertiary/aromatic N) is 3. The van der Waals surface area contributed by atoms with Crippen LogP contribution in [0.15, 0.2) is 237 Å². The lowest BCUT2D eigenvalue weighted by Gasteiger charge is -2.09. The molecule has 0 spiro atoms. The molecule has 3 nitrogen and oxygen atoms in total. The molecule has 314 valence electrons. The van der Waals surface area contributed by atoms with Gasteiger partial charge in [-0.15, -0.1) is 22.7 Å². The molecule has 67 heavy (non-hydrogen) atoms. The maximum absolute atomic E-state index is 2.46. The summed E-state index contributed by atoms with van der Waals surface area (Å²) in [5, 5.41) is 4.92. The minimum atomic E-state index is 1.15. The molecule has 0 atom stereocenters. The van der Waals surface area contributed by atoms with E-state index in [0.29, 0.717) is 0 Å². The third-order valence-corrected chi connectivity index (χ3v) is 16.0. The van der Waals surface area contributed by atoms with Crippen molar-refractivity contribution in [2.45, 2.75) is 0 Å². The fourth-order valence-corrected chi connectivity index (χ4v) is 12.8. The Labute approximate surface area is 394 Å². The van der Waals surface area contributed by atoms with Gasteiger partial charge in [-0.2, -0.15) is 0 Å². The lowest BCUT2D eigenvalue weighted by Crippen LogP contribution is -1.94. The van der Waals surface area contributed by atoms with Crippen LogP contribution in [0.25, 0.3) is 124 Å². The molecule has 0 amide bonds. The highest BCUT2D eigenvalue weighted by Gasteiger charge is 2.23. The van der Waals surface area contributed by atoms with Crippen LogP contribution in [0.5, 0.6) is 0 Å². The fraction of sp³-hybridized carbons (Fsp3) is 0. The van der Waals surface area contributed by atoms with E-state index in [1.807, 2.05) is 22.7 Å². The highest BCUT2D eigenvalue weighted by molar-refractivity contribution is 7.30. The molecule has 14 aromatic rings. The Balaban J connectivity index is 0.986. The minimum absolute atomic E-state index is 1.15. The van der Waals surface area contributed by atoms with Crippen molar-refractivity contribution in [3.05, 3.63) is 237 Å². The summed E-state index contributed by atoms with van der Waals surface area (Å²) in [6.07, 6.45) is 0. The topological polar surface area (TPSA) is 14.8 Å². The van der Waals surface area contributed by atoms with E-state index in [4.69, 9.17) is 0 Å². The van der Waals surface area contributed by atoms with Gasteiger partial charge in [0.15, 0.2) is 0 Å². The number of thiophene rings is 2. The van der Waals surface area contributed by atoms with Crippen molar-refractivity contribution in [2.24, 2.45) is 0 Å². The van der Waals surface area contributed by atoms with E-state index in [1.165, 1.54) is 113 Å². The largest absolute Gasteiger partial charge is 0.309 e. The van der Waals surface area contributed by atoms with Gasteiger partial charge in [0.2, 0.25) is 0 Å². The van der Waals surface area contributed by atoms with Gasteiger partial charge in [-0.3, -0.25) is 0 Å². The van der Waals surface area contributed by atoms with Crippen LogP contribution in [-0.4, -0.2) is 13.7 Å². The summed E-state index contributed by atoms with van der Waals surface area (Å²) < 4.78 is 10.0. The Bertz CT molecular complexity index is 4160. The van der Waals surface area contributed by atoms with Crippen LogP contribution >= 0.6 is 22.7 Å². The molecular formula is C62H39N3S2. The maximum Gasteiger partial charge on any atom is 0.0711 e. The Morgan fingerprint density at radius 3 is 1.03 bits per heavy atom. The number of para-hydroxylation sites is 3. The van der Waals surface area contributed by atoms with Crippen molar-refractivity contribution in [1.82, 2.24) is 13.7 Å². The molecule has 14 rings (SSSR count). The maximum atomic E-state index is 2.46. The van der Waals surface area contributed by atoms with Gasteiger partial charge < -0.3 is 13.7 Å². The van der Waals surface area contributed by atoms with Gasteiger partial charge in [0.1, 0.15) is 0 Å². The number of hydrogen-bond donors (Lipinski definition) is 0. The SMILES string of the molecule is c1ccc(-c2ccc(-c3ccc4c(c3)c3cc5c(cc3n4-c3ccccc3)c3cc(-c4cc6c(s4)c4sc(-c7ccccc7)cc4n6-c4ccccc4)ccc3n5-c3ccccc3)cc2)cc1. The molecule has 9 aromatic carbocycles. The standard InChI is InChI=1S/C62H39N3S2/c1-6-16-40(17-7-1)41-26-28-42(29-27-41)44-30-32-53-49(34-44)51-36-56-52(37-55(51)63(53)46-20-10-3-11-21-46)50-35-45(31-33-54(50)64(56)47-22-12-4-13-23-47)60-39-58-62(67-60)61-57(65(58)48-24-14-5-15-25-48)38-59(66-61)43-18-8-2-9-19-43/h1-39H. The van der Waals surface area contributed by atoms with Crippen LogP contribution in [0.4, 0.5) is 0 Å². The van der Waals surface area contributed by atoms with E-state index in [9.17, 15) is 0 Å². The van der Waals surface area contributed by atoms with Crippen LogP contribution in [0.1, 0.15) is 0 Å². The van der Waals surface area contributed by atoms with Crippen molar-refractivity contribution in [3.63, 3.8) is 0 Å². The van der Waals surface area contributed by atoms with E-state index in [1.54, 1.807) is 0 Å². The zero-order valence-corrected chi connectivity index (χ0v) is 37.8. The van der Waals surface area contributed by atoms with Gasteiger partial charge >= 0.3 is 0 Å². The van der Waals surface area contributed by atoms with E-state index < -0.39 is 0 Å². The second kappa shape index (κ2) is 15.2. The highest BCUT2D eigenvalue weighted by atomic mass is 32.1. The van der Waals surface area contributed by atoms with Crippen molar-refractivity contribution >= 4 is 86.7 Å². The molecule has 0 N–H and O–H groups in total. The van der Waals surface area contributed by atoms with Gasteiger partial charge in [-0.05, 0) is 118 Å². The third-order valence-electron chi connectivity index (χ3n) is 13.5. The van der Waals surface area contributed by atoms with E-state index in [2.05, 4.69) is 250 Å². The first-order valence-electron chi connectivity index (χ1n) is 22.7. The van der Waals surface area contributed by atoms with Crippen molar-refractivity contribution in [1.29, 1.82) is 0 Å². The normalized spacial score (nSPS) is 11.9. The first-order valence-corrected chi connectivity index (χ1v) is 24.4. The van der Waals surface area contributed by atoms with Crippen molar-refractivity contribution in [3.8, 4) is 60.2 Å². The molecule has 0 radical (unpaired) electrons. The Morgan fingerprint density at radius 1 is 0.224 bits per heavy atom. The predicted molar refractivity (Wildman–Crippen MR) is 287 cm³/mol. The van der Waals surface area contributed by atoms with Gasteiger partial charge in [-0.1, -0.05) is 152 Å². The Morgan fingerprint density at radius 2 is 0.552 bits per heavy atom. The second-order valence-corrected chi connectivity index (χ2v) is 19.4. The van der Waals surface area contributed by atoms with E-state index >= 15 is 0 Å². The molecule has 0 aliphatic heterocycles. The van der Waals surface area contributed by atoms with Gasteiger partial charge in [0.05, 0.1) is 42.5 Å². The first-order chi connectivity index (χ1) is 33.2. The van der Waals surface area contributed by atoms with Crippen molar-refractivity contribution < 1.29 is 0 Å². The molecule has 0 bridgehead atoms. The number of fused-ring (bicyclic) bond motifs is 9. The molecule has 5 aromatic heterocycles. The zero-order chi connectivity index (χ0) is 44.0. The lowest BCUT2D eigenvalue weighted by atomic mass is 9.99. The third kappa shape index (κ3) is 6.09. The number of rotatable bonds is 7. The molecule has 5 heteroatoms. The second-order valence-electron chi connectivity index (χ2n) is 17.3. The first kappa shape index (κ1) is 38.1. The fourth-order valence-electron chi connectivity index (χ4n) is 10.4. The summed E-state index contributed by atoms with van der Waals surface area (Å²) in [5.41, 5.74) is 18.1. The molecule has 0 saturated heterocycles. The number of aromatic nitrogens is 3.